The Balaban J connectivity index is 1.75. The van der Waals surface area contributed by atoms with E-state index in [2.05, 4.69) is 10.4 Å². The number of hydrogen-bond acceptors (Lipinski definition) is 3. The molecule has 3 N–H and O–H groups in total. The van der Waals surface area contributed by atoms with Crippen molar-refractivity contribution in [2.45, 2.75) is 6.54 Å². The second kappa shape index (κ2) is 5.24. The predicted molar refractivity (Wildman–Crippen MR) is 79.2 cm³/mol. The van der Waals surface area contributed by atoms with Gasteiger partial charge in [0.1, 0.15) is 12.4 Å². The van der Waals surface area contributed by atoms with Crippen LogP contribution in [0.2, 0.25) is 0 Å². The van der Waals surface area contributed by atoms with Gasteiger partial charge in [0.25, 0.3) is 0 Å². The number of rotatable bonds is 3. The molecule has 0 radical (unpaired) electrons. The van der Waals surface area contributed by atoms with Crippen molar-refractivity contribution < 1.29 is 9.18 Å². The molecule has 2 aromatic carbocycles. The molecule has 0 aliphatic rings. The summed E-state index contributed by atoms with van der Waals surface area (Å²) < 4.78 is 14.7. The van der Waals surface area contributed by atoms with E-state index in [9.17, 15) is 9.18 Å². The minimum atomic E-state index is -0.508. The largest absolute Gasteiger partial charge is 0.396 e. The molecule has 1 amide bonds. The number of nitrogen functional groups attached to an aromatic ring is 1. The molecule has 0 saturated carbocycles. The van der Waals surface area contributed by atoms with Gasteiger partial charge >= 0.3 is 0 Å². The zero-order chi connectivity index (χ0) is 14.8. The van der Waals surface area contributed by atoms with Gasteiger partial charge in [-0.15, -0.1) is 0 Å². The Hall–Kier alpha value is -2.89. The summed E-state index contributed by atoms with van der Waals surface area (Å²) in [5, 5.41) is 7.82. The molecule has 0 bridgehead atoms. The Morgan fingerprint density at radius 3 is 2.90 bits per heavy atom. The number of nitrogens with zero attached hydrogens (tertiary/aromatic N) is 2. The van der Waals surface area contributed by atoms with Gasteiger partial charge in [-0.2, -0.15) is 5.10 Å². The van der Waals surface area contributed by atoms with Gasteiger partial charge in [-0.3, -0.25) is 9.48 Å². The van der Waals surface area contributed by atoms with E-state index in [1.54, 1.807) is 10.9 Å². The minimum absolute atomic E-state index is 0.00246. The number of hydrogen-bond donors (Lipinski definition) is 2. The minimum Gasteiger partial charge on any atom is -0.396 e. The lowest BCUT2D eigenvalue weighted by molar-refractivity contribution is -0.116. The van der Waals surface area contributed by atoms with Gasteiger partial charge in [-0.25, -0.2) is 4.39 Å². The molecule has 106 valence electrons. The van der Waals surface area contributed by atoms with E-state index >= 15 is 0 Å². The first kappa shape index (κ1) is 13.1. The second-order valence-electron chi connectivity index (χ2n) is 4.65. The zero-order valence-electron chi connectivity index (χ0n) is 11.1. The average molecular weight is 284 g/mol. The Morgan fingerprint density at radius 2 is 2.10 bits per heavy atom. The molecule has 0 aliphatic carbocycles. The summed E-state index contributed by atoms with van der Waals surface area (Å²) in [5.74, 6) is -0.763. The number of carbonyl (C=O) groups is 1. The lowest BCUT2D eigenvalue weighted by atomic mass is 10.2. The molecule has 0 saturated heterocycles. The number of para-hydroxylation sites is 1. The lowest BCUT2D eigenvalue weighted by Crippen LogP contribution is -2.19. The fraction of sp³-hybridized carbons (Fsp3) is 0.0667. The fourth-order valence-corrected chi connectivity index (χ4v) is 2.11. The molecule has 1 heterocycles. The quantitative estimate of drug-likeness (QED) is 0.725. The highest BCUT2D eigenvalue weighted by molar-refractivity contribution is 5.92. The summed E-state index contributed by atoms with van der Waals surface area (Å²) in [5.41, 5.74) is 6.80. The molecule has 0 spiro atoms. The highest BCUT2D eigenvalue weighted by Crippen LogP contribution is 2.17. The number of aromatic nitrogens is 2. The first-order chi connectivity index (χ1) is 10.1. The third-order valence-corrected chi connectivity index (χ3v) is 3.12. The van der Waals surface area contributed by atoms with E-state index < -0.39 is 5.82 Å². The number of halogens is 1. The Morgan fingerprint density at radius 1 is 1.29 bits per heavy atom. The summed E-state index contributed by atoms with van der Waals surface area (Å²) in [6.45, 7) is 0.0742. The summed E-state index contributed by atoms with van der Waals surface area (Å²) in [6, 6.07) is 11.7. The van der Waals surface area contributed by atoms with Gasteiger partial charge in [-0.1, -0.05) is 18.2 Å². The van der Waals surface area contributed by atoms with E-state index in [1.807, 2.05) is 24.3 Å². The molecule has 0 atom stereocenters. The third kappa shape index (κ3) is 2.69. The van der Waals surface area contributed by atoms with Crippen LogP contribution in [0.25, 0.3) is 10.9 Å². The number of nitrogens with two attached hydrogens (primary N) is 1. The summed E-state index contributed by atoms with van der Waals surface area (Å²) in [7, 11) is 0. The zero-order valence-corrected chi connectivity index (χ0v) is 11.1. The van der Waals surface area contributed by atoms with Gasteiger partial charge in [0.05, 0.1) is 17.4 Å². The van der Waals surface area contributed by atoms with Gasteiger partial charge in [-0.05, 0) is 24.3 Å². The van der Waals surface area contributed by atoms with Crippen LogP contribution < -0.4 is 11.1 Å². The number of fused-ring (bicyclic) bond motifs is 1. The van der Waals surface area contributed by atoms with Gasteiger partial charge in [0.15, 0.2) is 0 Å². The van der Waals surface area contributed by atoms with Crippen LogP contribution in [-0.2, 0) is 11.3 Å². The molecular weight excluding hydrogens is 271 g/mol. The first-order valence-electron chi connectivity index (χ1n) is 6.39. The van der Waals surface area contributed by atoms with Crippen molar-refractivity contribution in [1.29, 1.82) is 0 Å². The van der Waals surface area contributed by atoms with E-state index in [0.717, 1.165) is 10.9 Å². The Labute approximate surface area is 120 Å². The van der Waals surface area contributed by atoms with Crippen LogP contribution >= 0.6 is 0 Å². The maximum atomic E-state index is 13.1. The summed E-state index contributed by atoms with van der Waals surface area (Å²) >= 11 is 0. The molecule has 3 aromatic rings. The van der Waals surface area contributed by atoms with Crippen molar-refractivity contribution in [3.05, 3.63) is 54.5 Å². The molecule has 21 heavy (non-hydrogen) atoms. The topological polar surface area (TPSA) is 72.9 Å². The Bertz CT molecular complexity index is 812. The van der Waals surface area contributed by atoms with E-state index in [-0.39, 0.29) is 18.1 Å². The molecular formula is C15H13FN4O. The van der Waals surface area contributed by atoms with Crippen LogP contribution in [0.3, 0.4) is 0 Å². The normalized spacial score (nSPS) is 10.7. The smallest absolute Gasteiger partial charge is 0.246 e. The van der Waals surface area contributed by atoms with Crippen LogP contribution in [-0.4, -0.2) is 15.7 Å². The van der Waals surface area contributed by atoms with E-state index in [1.165, 1.54) is 18.2 Å². The summed E-state index contributed by atoms with van der Waals surface area (Å²) in [6.07, 6.45) is 1.71. The monoisotopic (exact) mass is 284 g/mol. The maximum Gasteiger partial charge on any atom is 0.246 e. The van der Waals surface area contributed by atoms with Crippen LogP contribution in [0.15, 0.2) is 48.7 Å². The highest BCUT2D eigenvalue weighted by atomic mass is 19.1. The molecule has 0 unspecified atom stereocenters. The van der Waals surface area contributed by atoms with E-state index in [0.29, 0.717) is 5.69 Å². The van der Waals surface area contributed by atoms with Gasteiger partial charge in [0.2, 0.25) is 5.91 Å². The molecule has 3 rings (SSSR count). The van der Waals surface area contributed by atoms with Gasteiger partial charge in [0, 0.05) is 11.1 Å². The molecule has 0 aliphatic heterocycles. The van der Waals surface area contributed by atoms with Crippen molar-refractivity contribution in [3.8, 4) is 0 Å². The highest BCUT2D eigenvalue weighted by Gasteiger charge is 2.08. The van der Waals surface area contributed by atoms with Crippen molar-refractivity contribution in [2.24, 2.45) is 0 Å². The number of amides is 1. The molecule has 5 nitrogen and oxygen atoms in total. The standard InChI is InChI=1S/C15H13FN4O/c16-12-6-5-11(7-13(12)17)19-15(21)9-20-14-4-2-1-3-10(14)8-18-20/h1-8H,9,17H2,(H,19,21). The number of carbonyl (C=O) groups excluding carboxylic acids is 1. The molecule has 0 fully saturated rings. The van der Waals surface area contributed by atoms with Crippen LogP contribution in [0.5, 0.6) is 0 Å². The van der Waals surface area contributed by atoms with E-state index in [4.69, 9.17) is 5.73 Å². The lowest BCUT2D eigenvalue weighted by Gasteiger charge is -2.07. The number of anilines is 2. The first-order valence-corrected chi connectivity index (χ1v) is 6.39. The van der Waals surface area contributed by atoms with Crippen LogP contribution in [0.1, 0.15) is 0 Å². The average Bonchev–Trinajstić information content (AvgIpc) is 2.86. The molecule has 6 heteroatoms. The maximum absolute atomic E-state index is 13.1. The van der Waals surface area contributed by atoms with Crippen molar-refractivity contribution in [3.63, 3.8) is 0 Å². The Kier molecular flexibility index (Phi) is 3.27. The van der Waals surface area contributed by atoms with Crippen LogP contribution in [0, 0.1) is 5.82 Å². The second-order valence-corrected chi connectivity index (χ2v) is 4.65. The van der Waals surface area contributed by atoms with Crippen LogP contribution in [0.4, 0.5) is 15.8 Å². The van der Waals surface area contributed by atoms with Crippen molar-refractivity contribution in [1.82, 2.24) is 9.78 Å². The molecule has 1 aromatic heterocycles. The number of nitrogens with one attached hydrogen (secondary N) is 1. The van der Waals surface area contributed by atoms with Crippen molar-refractivity contribution in [2.75, 3.05) is 11.1 Å². The third-order valence-electron chi connectivity index (χ3n) is 3.12. The SMILES string of the molecule is Nc1cc(NC(=O)Cn2ncc3ccccc32)ccc1F. The van der Waals surface area contributed by atoms with Crippen molar-refractivity contribution >= 4 is 28.2 Å². The fourth-order valence-electron chi connectivity index (χ4n) is 2.11. The number of benzene rings is 2. The van der Waals surface area contributed by atoms with Gasteiger partial charge < -0.3 is 11.1 Å². The summed E-state index contributed by atoms with van der Waals surface area (Å²) in [4.78, 5) is 12.0. The predicted octanol–water partition coefficient (Wildman–Crippen LogP) is 2.40.